The monoisotopic (exact) mass is 295 g/mol. The molecule has 0 spiro atoms. The van der Waals surface area contributed by atoms with Crippen LogP contribution < -0.4 is 11.1 Å². The maximum Gasteiger partial charge on any atom is 0.175 e. The first-order valence-electron chi connectivity index (χ1n) is 6.04. The van der Waals surface area contributed by atoms with Crippen LogP contribution in [0.5, 0.6) is 0 Å². The standard InChI is InChI=1S/C12H17N5O2S/c1-17-8-15-12(16-17)5-6-14-11-4-3-9(7-10(11)13)20(2,18)19/h3-4,7-8,14H,5-6,13H2,1-2H3. The molecule has 108 valence electrons. The Bertz CT molecular complexity index is 708. The first-order valence-corrected chi connectivity index (χ1v) is 7.93. The SMILES string of the molecule is Cn1cnc(CCNc2ccc(S(C)(=O)=O)cc2N)n1. The first kappa shape index (κ1) is 14.3. The van der Waals surface area contributed by atoms with E-state index < -0.39 is 9.84 Å². The summed E-state index contributed by atoms with van der Waals surface area (Å²) in [5.74, 6) is 0.742. The Morgan fingerprint density at radius 3 is 2.70 bits per heavy atom. The third-order valence-electron chi connectivity index (χ3n) is 2.76. The second-order valence-corrected chi connectivity index (χ2v) is 6.55. The Balaban J connectivity index is 2.00. The Morgan fingerprint density at radius 2 is 2.15 bits per heavy atom. The molecule has 0 unspecified atom stereocenters. The van der Waals surface area contributed by atoms with Gasteiger partial charge in [-0.15, -0.1) is 0 Å². The molecule has 0 fully saturated rings. The van der Waals surface area contributed by atoms with Gasteiger partial charge in [0.25, 0.3) is 0 Å². The first-order chi connectivity index (χ1) is 9.36. The van der Waals surface area contributed by atoms with E-state index in [1.165, 1.54) is 12.1 Å². The molecule has 0 bridgehead atoms. The highest BCUT2D eigenvalue weighted by Crippen LogP contribution is 2.22. The number of anilines is 2. The zero-order valence-corrected chi connectivity index (χ0v) is 12.2. The van der Waals surface area contributed by atoms with Crippen LogP contribution >= 0.6 is 0 Å². The van der Waals surface area contributed by atoms with Gasteiger partial charge in [0, 0.05) is 26.3 Å². The summed E-state index contributed by atoms with van der Waals surface area (Å²) < 4.78 is 24.4. The van der Waals surface area contributed by atoms with Crippen LogP contribution in [0.3, 0.4) is 0 Å². The summed E-state index contributed by atoms with van der Waals surface area (Å²) in [4.78, 5) is 4.33. The Morgan fingerprint density at radius 1 is 1.40 bits per heavy atom. The van der Waals surface area contributed by atoms with Crippen LogP contribution in [-0.4, -0.2) is 36.0 Å². The summed E-state index contributed by atoms with van der Waals surface area (Å²) >= 11 is 0. The van der Waals surface area contributed by atoms with Gasteiger partial charge in [0.05, 0.1) is 16.3 Å². The van der Waals surface area contributed by atoms with E-state index in [4.69, 9.17) is 5.73 Å². The quantitative estimate of drug-likeness (QED) is 0.777. The Labute approximate surface area is 117 Å². The third-order valence-corrected chi connectivity index (χ3v) is 3.87. The fraction of sp³-hybridized carbons (Fsp3) is 0.333. The number of nitrogens with one attached hydrogen (secondary N) is 1. The number of hydrogen-bond acceptors (Lipinski definition) is 6. The highest BCUT2D eigenvalue weighted by Gasteiger charge is 2.09. The number of sulfone groups is 1. The van der Waals surface area contributed by atoms with Crippen molar-refractivity contribution < 1.29 is 8.42 Å². The van der Waals surface area contributed by atoms with E-state index in [1.54, 1.807) is 17.1 Å². The van der Waals surface area contributed by atoms with Gasteiger partial charge in [-0.05, 0) is 18.2 Å². The van der Waals surface area contributed by atoms with Gasteiger partial charge >= 0.3 is 0 Å². The number of aromatic nitrogens is 3. The summed E-state index contributed by atoms with van der Waals surface area (Å²) in [5, 5.41) is 7.31. The van der Waals surface area contributed by atoms with Crippen LogP contribution in [-0.2, 0) is 23.3 Å². The second kappa shape index (κ2) is 5.49. The van der Waals surface area contributed by atoms with Crippen molar-refractivity contribution in [2.75, 3.05) is 23.9 Å². The molecule has 3 N–H and O–H groups in total. The van der Waals surface area contributed by atoms with Crippen LogP contribution in [0, 0.1) is 0 Å². The normalized spacial score (nSPS) is 11.5. The van der Waals surface area contributed by atoms with Crippen molar-refractivity contribution in [3.63, 3.8) is 0 Å². The minimum absolute atomic E-state index is 0.215. The number of aryl methyl sites for hydroxylation is 1. The summed E-state index contributed by atoms with van der Waals surface area (Å²) in [6.45, 7) is 0.617. The average molecular weight is 295 g/mol. The molecule has 8 heteroatoms. The van der Waals surface area contributed by atoms with E-state index in [2.05, 4.69) is 15.4 Å². The molecule has 2 rings (SSSR count). The molecule has 0 radical (unpaired) electrons. The lowest BCUT2D eigenvalue weighted by Crippen LogP contribution is -2.09. The summed E-state index contributed by atoms with van der Waals surface area (Å²) in [6.07, 6.45) is 3.46. The van der Waals surface area contributed by atoms with E-state index in [0.29, 0.717) is 24.3 Å². The second-order valence-electron chi connectivity index (χ2n) is 4.53. The fourth-order valence-corrected chi connectivity index (χ4v) is 2.40. The summed E-state index contributed by atoms with van der Waals surface area (Å²) in [5.41, 5.74) is 6.95. The van der Waals surface area contributed by atoms with Crippen molar-refractivity contribution in [1.82, 2.24) is 14.8 Å². The largest absolute Gasteiger partial charge is 0.397 e. The maximum absolute atomic E-state index is 11.4. The van der Waals surface area contributed by atoms with Gasteiger partial charge in [-0.2, -0.15) is 5.10 Å². The predicted molar refractivity (Wildman–Crippen MR) is 77.2 cm³/mol. The van der Waals surface area contributed by atoms with E-state index in [9.17, 15) is 8.42 Å². The van der Waals surface area contributed by atoms with Gasteiger partial charge in [-0.25, -0.2) is 13.4 Å². The molecule has 0 amide bonds. The molecule has 2 aromatic rings. The van der Waals surface area contributed by atoms with Crippen molar-refractivity contribution in [3.05, 3.63) is 30.4 Å². The molecule has 0 aliphatic rings. The fourth-order valence-electron chi connectivity index (χ4n) is 1.74. The minimum Gasteiger partial charge on any atom is -0.397 e. The van der Waals surface area contributed by atoms with E-state index >= 15 is 0 Å². The number of nitrogens with zero attached hydrogens (tertiary/aromatic N) is 3. The molecule has 0 atom stereocenters. The molecule has 0 saturated carbocycles. The van der Waals surface area contributed by atoms with Crippen molar-refractivity contribution in [2.24, 2.45) is 7.05 Å². The number of rotatable bonds is 5. The maximum atomic E-state index is 11.4. The van der Waals surface area contributed by atoms with Crippen LogP contribution in [0.4, 0.5) is 11.4 Å². The van der Waals surface area contributed by atoms with Crippen molar-refractivity contribution >= 4 is 21.2 Å². The molecule has 1 aromatic carbocycles. The lowest BCUT2D eigenvalue weighted by atomic mass is 10.2. The molecule has 1 aromatic heterocycles. The summed E-state index contributed by atoms with van der Waals surface area (Å²) in [6, 6.07) is 4.65. The number of nitrogens with two attached hydrogens (primary N) is 1. The lowest BCUT2D eigenvalue weighted by molar-refractivity contribution is 0.602. The van der Waals surface area contributed by atoms with Crippen LogP contribution in [0.2, 0.25) is 0 Å². The average Bonchev–Trinajstić information content (AvgIpc) is 2.76. The lowest BCUT2D eigenvalue weighted by Gasteiger charge is -2.09. The molecule has 1 heterocycles. The van der Waals surface area contributed by atoms with Gasteiger partial charge in [-0.1, -0.05) is 0 Å². The van der Waals surface area contributed by atoms with E-state index in [-0.39, 0.29) is 4.90 Å². The number of benzene rings is 1. The Kier molecular flexibility index (Phi) is 3.93. The van der Waals surface area contributed by atoms with Crippen molar-refractivity contribution in [2.45, 2.75) is 11.3 Å². The highest BCUT2D eigenvalue weighted by atomic mass is 32.2. The van der Waals surface area contributed by atoms with E-state index in [1.807, 2.05) is 7.05 Å². The molecule has 20 heavy (non-hydrogen) atoms. The Hall–Kier alpha value is -2.09. The smallest absolute Gasteiger partial charge is 0.175 e. The minimum atomic E-state index is -3.23. The zero-order chi connectivity index (χ0) is 14.8. The van der Waals surface area contributed by atoms with E-state index in [0.717, 1.165) is 12.1 Å². The van der Waals surface area contributed by atoms with Gasteiger partial charge in [0.1, 0.15) is 6.33 Å². The third kappa shape index (κ3) is 3.47. The topological polar surface area (TPSA) is 103 Å². The van der Waals surface area contributed by atoms with Gasteiger partial charge < -0.3 is 11.1 Å². The predicted octanol–water partition coefficient (Wildman–Crippen LogP) is 0.455. The van der Waals surface area contributed by atoms with Crippen LogP contribution in [0.15, 0.2) is 29.4 Å². The molecule has 0 aliphatic carbocycles. The number of nitrogen functional groups attached to an aromatic ring is 1. The van der Waals surface area contributed by atoms with Gasteiger partial charge in [0.15, 0.2) is 15.7 Å². The highest BCUT2D eigenvalue weighted by molar-refractivity contribution is 7.90. The molecular formula is C12H17N5O2S. The van der Waals surface area contributed by atoms with Crippen molar-refractivity contribution in [1.29, 1.82) is 0 Å². The van der Waals surface area contributed by atoms with Gasteiger partial charge in [-0.3, -0.25) is 4.68 Å². The van der Waals surface area contributed by atoms with Crippen LogP contribution in [0.25, 0.3) is 0 Å². The van der Waals surface area contributed by atoms with Gasteiger partial charge in [0.2, 0.25) is 0 Å². The molecule has 7 nitrogen and oxygen atoms in total. The molecule has 0 aliphatic heterocycles. The zero-order valence-electron chi connectivity index (χ0n) is 11.4. The molecular weight excluding hydrogens is 278 g/mol. The van der Waals surface area contributed by atoms with Crippen LogP contribution in [0.1, 0.15) is 5.82 Å². The number of hydrogen-bond donors (Lipinski definition) is 2. The summed E-state index contributed by atoms with van der Waals surface area (Å²) in [7, 11) is -1.42. The van der Waals surface area contributed by atoms with Crippen molar-refractivity contribution in [3.8, 4) is 0 Å². The molecule has 0 saturated heterocycles.